The van der Waals surface area contributed by atoms with Gasteiger partial charge in [0.2, 0.25) is 5.65 Å². The number of aryl methyl sites for hydroxylation is 1. The second kappa shape index (κ2) is 10.3. The number of benzene rings is 1. The Morgan fingerprint density at radius 2 is 2.08 bits per heavy atom. The summed E-state index contributed by atoms with van der Waals surface area (Å²) in [5, 5.41) is 23.2. The van der Waals surface area contributed by atoms with Crippen molar-refractivity contribution < 1.29 is 37.4 Å². The normalized spacial score (nSPS) is 14.8. The molecule has 0 saturated heterocycles. The van der Waals surface area contributed by atoms with E-state index in [2.05, 4.69) is 35.7 Å². The lowest BCUT2D eigenvalue weighted by Gasteiger charge is -2.13. The van der Waals surface area contributed by atoms with E-state index in [1.54, 1.807) is 32.2 Å². The Labute approximate surface area is 223 Å². The maximum atomic E-state index is 12.9. The minimum Gasteiger partial charge on any atom is -0.406 e. The first kappa shape index (κ1) is 26.7. The van der Waals surface area contributed by atoms with Crippen LogP contribution < -0.4 is 20.2 Å². The Bertz CT molecular complexity index is 1640. The lowest BCUT2D eigenvalue weighted by atomic mass is 10.0. The summed E-state index contributed by atoms with van der Waals surface area (Å²) in [7, 11) is 0. The molecule has 1 atom stereocenters. The van der Waals surface area contributed by atoms with Crippen LogP contribution in [0.15, 0.2) is 36.5 Å². The predicted octanol–water partition coefficient (Wildman–Crippen LogP) is 2.38. The number of amides is 2. The molecule has 1 aliphatic heterocycles. The van der Waals surface area contributed by atoms with E-state index in [0.717, 1.165) is 17.0 Å². The van der Waals surface area contributed by atoms with Gasteiger partial charge in [0.25, 0.3) is 11.8 Å². The van der Waals surface area contributed by atoms with E-state index >= 15 is 0 Å². The number of halogens is 3. The van der Waals surface area contributed by atoms with E-state index in [0.29, 0.717) is 39.4 Å². The van der Waals surface area contributed by atoms with E-state index in [1.807, 2.05) is 0 Å². The number of rotatable bonds is 8. The Kier molecular flexibility index (Phi) is 6.89. The van der Waals surface area contributed by atoms with Gasteiger partial charge >= 0.3 is 6.36 Å². The predicted molar refractivity (Wildman–Crippen MR) is 135 cm³/mol. The van der Waals surface area contributed by atoms with Gasteiger partial charge in [-0.1, -0.05) is 4.85 Å². The largest absolute Gasteiger partial charge is 0.573 e. The molecule has 0 radical (unpaired) electrons. The molecule has 1 aromatic carbocycles. The first-order valence-electron chi connectivity index (χ1n) is 11.9. The van der Waals surface area contributed by atoms with Crippen LogP contribution >= 0.6 is 0 Å². The maximum Gasteiger partial charge on any atom is 0.573 e. The maximum absolute atomic E-state index is 12.9. The number of alkyl halides is 3. The van der Waals surface area contributed by atoms with Gasteiger partial charge in [-0.2, -0.15) is 0 Å². The molecule has 0 spiro atoms. The van der Waals surface area contributed by atoms with E-state index < -0.39 is 30.0 Å². The molecule has 2 amide bonds. The number of aromatic nitrogens is 5. The third kappa shape index (κ3) is 5.44. The highest BCUT2D eigenvalue weighted by Gasteiger charge is 2.33. The van der Waals surface area contributed by atoms with E-state index in [4.69, 9.17) is 4.84 Å². The first-order valence-corrected chi connectivity index (χ1v) is 11.9. The molecule has 12 nitrogen and oxygen atoms in total. The lowest BCUT2D eigenvalue weighted by Crippen LogP contribution is -2.37. The number of aliphatic hydroxyl groups is 1. The monoisotopic (exact) mass is 557 g/mol. The van der Waals surface area contributed by atoms with Crippen LogP contribution in [0.2, 0.25) is 0 Å². The topological polar surface area (TPSA) is 156 Å². The molecule has 15 heteroatoms. The zero-order valence-electron chi connectivity index (χ0n) is 21.0. The van der Waals surface area contributed by atoms with Crippen LogP contribution in [0.1, 0.15) is 32.9 Å². The molecule has 40 heavy (non-hydrogen) atoms. The number of carbonyl (C=O) groups is 2. The van der Waals surface area contributed by atoms with Crippen molar-refractivity contribution in [1.29, 1.82) is 0 Å². The van der Waals surface area contributed by atoms with Gasteiger partial charge in [0.15, 0.2) is 0 Å². The zero-order chi connectivity index (χ0) is 28.6. The second-order valence-corrected chi connectivity index (χ2v) is 8.90. The van der Waals surface area contributed by atoms with Crippen molar-refractivity contribution in [3.8, 4) is 5.75 Å². The molecule has 1 aliphatic rings. The zero-order valence-corrected chi connectivity index (χ0v) is 21.0. The fourth-order valence-corrected chi connectivity index (χ4v) is 4.26. The molecule has 3 aromatic heterocycles. The van der Waals surface area contributed by atoms with E-state index in [9.17, 15) is 27.9 Å². The van der Waals surface area contributed by atoms with Crippen molar-refractivity contribution in [3.63, 3.8) is 0 Å². The van der Waals surface area contributed by atoms with Crippen LogP contribution in [0, 0.1) is 13.8 Å². The van der Waals surface area contributed by atoms with E-state index in [-0.39, 0.29) is 24.3 Å². The highest BCUT2D eigenvalue weighted by Crippen LogP contribution is 2.37. The number of aliphatic hydroxyl groups excluding tert-OH is 1. The molecule has 4 aromatic rings. The summed E-state index contributed by atoms with van der Waals surface area (Å²) in [5.74, 6) is -1.47. The quantitative estimate of drug-likeness (QED) is 0.241. The number of pyridine rings is 1. The first-order chi connectivity index (χ1) is 19.0. The fourth-order valence-electron chi connectivity index (χ4n) is 4.26. The highest BCUT2D eigenvalue weighted by atomic mass is 19.4. The second-order valence-electron chi connectivity index (χ2n) is 8.90. The molecule has 4 heterocycles. The molecule has 0 aliphatic carbocycles. The van der Waals surface area contributed by atoms with E-state index in [1.165, 1.54) is 12.1 Å². The number of anilines is 1. The summed E-state index contributed by atoms with van der Waals surface area (Å²) < 4.78 is 42.0. The van der Waals surface area contributed by atoms with Gasteiger partial charge in [-0.05, 0) is 61.0 Å². The average molecular weight is 557 g/mol. The van der Waals surface area contributed by atoms with Gasteiger partial charge < -0.3 is 30.3 Å². The number of hydrogen-bond donors (Lipinski definition) is 4. The number of nitrogens with one attached hydrogen (secondary N) is 3. The molecule has 5 rings (SSSR count). The van der Waals surface area contributed by atoms with Gasteiger partial charge in [-0.25, -0.2) is 4.98 Å². The summed E-state index contributed by atoms with van der Waals surface area (Å²) in [6.07, 6.45) is -2.96. The van der Waals surface area contributed by atoms with Crippen LogP contribution in [0.5, 0.6) is 5.75 Å². The standard InChI is InChI=1S/C25H22F3N7O5/c1-12-20(9-17-16-8-15(40-25(26,27)28)5-6-18(16)32-23(17)37)31-13(2)21(12)24(38)30-10-14(36)11-39-35-22-19(33-34-35)4-3-7-29-22/h3-9,14,31,36H,10-11H2,1-2H3,(H,30,38)(H,32,37)/b17-9-. The lowest BCUT2D eigenvalue weighted by molar-refractivity contribution is -0.274. The third-order valence-corrected chi connectivity index (χ3v) is 6.07. The Hall–Kier alpha value is -4.92. The summed E-state index contributed by atoms with van der Waals surface area (Å²) in [5.41, 5.74) is 3.24. The summed E-state index contributed by atoms with van der Waals surface area (Å²) in [6, 6.07) is 6.94. The minimum absolute atomic E-state index is 0.0987. The third-order valence-electron chi connectivity index (χ3n) is 6.07. The van der Waals surface area contributed by atoms with Gasteiger partial charge in [0.05, 0.1) is 11.1 Å². The van der Waals surface area contributed by atoms with Crippen LogP contribution in [-0.2, 0) is 4.79 Å². The average Bonchev–Trinajstić information content (AvgIpc) is 3.53. The van der Waals surface area contributed by atoms with Crippen molar-refractivity contribution in [2.75, 3.05) is 18.5 Å². The smallest absolute Gasteiger partial charge is 0.406 e. The van der Waals surface area contributed by atoms with Crippen molar-refractivity contribution >= 4 is 40.3 Å². The number of ether oxygens (including phenoxy) is 1. The molecule has 4 N–H and O–H groups in total. The van der Waals surface area contributed by atoms with Crippen LogP contribution in [-0.4, -0.2) is 67.7 Å². The number of aromatic amines is 1. The van der Waals surface area contributed by atoms with Gasteiger partial charge in [0.1, 0.15) is 24.0 Å². The number of carbonyl (C=O) groups excluding carboxylic acids is 2. The van der Waals surface area contributed by atoms with Gasteiger partial charge in [-0.15, -0.1) is 18.3 Å². The molecule has 0 fully saturated rings. The Balaban J connectivity index is 1.27. The van der Waals surface area contributed by atoms with Crippen LogP contribution in [0.4, 0.5) is 18.9 Å². The van der Waals surface area contributed by atoms with Crippen LogP contribution in [0.25, 0.3) is 22.8 Å². The SMILES string of the molecule is Cc1[nH]c(/C=C2\C(=O)Nc3ccc(OC(F)(F)F)cc32)c(C)c1C(=O)NCC(O)COn1nnc2cccnc21. The molecular formula is C25H22F3N7O5. The van der Waals surface area contributed by atoms with Crippen molar-refractivity contribution in [3.05, 3.63) is 64.6 Å². The summed E-state index contributed by atoms with van der Waals surface area (Å²) >= 11 is 0. The molecule has 208 valence electrons. The summed E-state index contributed by atoms with van der Waals surface area (Å²) in [4.78, 5) is 39.2. The number of nitrogens with zero attached hydrogens (tertiary/aromatic N) is 4. The van der Waals surface area contributed by atoms with Crippen molar-refractivity contribution in [2.45, 2.75) is 26.3 Å². The van der Waals surface area contributed by atoms with Gasteiger partial charge in [0, 0.05) is 35.4 Å². The van der Waals surface area contributed by atoms with Gasteiger partial charge in [-0.3, -0.25) is 9.59 Å². The number of fused-ring (bicyclic) bond motifs is 2. The molecule has 0 saturated carbocycles. The summed E-state index contributed by atoms with van der Waals surface area (Å²) in [6.45, 7) is 2.97. The number of H-pyrrole nitrogens is 1. The van der Waals surface area contributed by atoms with Crippen LogP contribution in [0.3, 0.4) is 0 Å². The van der Waals surface area contributed by atoms with Crippen molar-refractivity contribution in [1.82, 2.24) is 30.4 Å². The molecule has 0 bridgehead atoms. The molecule has 1 unspecified atom stereocenters. The van der Waals surface area contributed by atoms with Crippen molar-refractivity contribution in [2.24, 2.45) is 0 Å². The fraction of sp³-hybridized carbons (Fsp3) is 0.240. The Morgan fingerprint density at radius 3 is 2.85 bits per heavy atom. The minimum atomic E-state index is -4.88. The molecular weight excluding hydrogens is 535 g/mol. The number of hydrogen-bond acceptors (Lipinski definition) is 8. The Morgan fingerprint density at radius 1 is 1.27 bits per heavy atom. The highest BCUT2D eigenvalue weighted by molar-refractivity contribution is 6.35.